The number of alkyl halides is 2. The summed E-state index contributed by atoms with van der Waals surface area (Å²) in [6.45, 7) is -1.15. The molecule has 1 aromatic heterocycles. The van der Waals surface area contributed by atoms with Gasteiger partial charge in [-0.2, -0.15) is 0 Å². The normalized spacial score (nSPS) is 14.6. The van der Waals surface area contributed by atoms with Gasteiger partial charge in [0.05, 0.1) is 27.5 Å². The Kier molecular flexibility index (Phi) is 7.76. The predicted molar refractivity (Wildman–Crippen MR) is 130 cm³/mol. The van der Waals surface area contributed by atoms with Gasteiger partial charge in [0.15, 0.2) is 6.10 Å². The minimum absolute atomic E-state index is 0.0552. The van der Waals surface area contributed by atoms with Crippen molar-refractivity contribution in [1.29, 1.82) is 0 Å². The van der Waals surface area contributed by atoms with E-state index < -0.39 is 30.7 Å². The van der Waals surface area contributed by atoms with Crippen LogP contribution < -0.4 is 16.0 Å². The molecule has 0 spiro atoms. The molecule has 3 aromatic rings. The van der Waals surface area contributed by atoms with E-state index in [4.69, 9.17) is 27.9 Å². The van der Waals surface area contributed by atoms with E-state index in [9.17, 15) is 23.2 Å². The van der Waals surface area contributed by atoms with E-state index in [0.29, 0.717) is 47.1 Å². The number of rotatable bonds is 8. The summed E-state index contributed by atoms with van der Waals surface area (Å²) in [6.07, 6.45) is 0.549. The van der Waals surface area contributed by atoms with Crippen LogP contribution in [0.3, 0.4) is 0 Å². The fraction of sp³-hybridized carbons (Fsp3) is 0.375. The molecule has 1 saturated heterocycles. The number of hydrogen-bond acceptors (Lipinski definition) is 4. The van der Waals surface area contributed by atoms with Crippen molar-refractivity contribution in [1.82, 2.24) is 14.0 Å². The summed E-state index contributed by atoms with van der Waals surface area (Å²) in [7, 11) is 0. The molecule has 0 unspecified atom stereocenters. The summed E-state index contributed by atoms with van der Waals surface area (Å²) in [5, 5.41) is 0.813. The van der Waals surface area contributed by atoms with Crippen molar-refractivity contribution < 1.29 is 18.3 Å². The summed E-state index contributed by atoms with van der Waals surface area (Å²) in [5.74, 6) is 0.122. The maximum atomic E-state index is 13.6. The van der Waals surface area contributed by atoms with E-state index in [1.807, 2.05) is 0 Å². The van der Waals surface area contributed by atoms with Crippen molar-refractivity contribution in [2.45, 2.75) is 31.5 Å². The van der Waals surface area contributed by atoms with Crippen LogP contribution in [-0.4, -0.2) is 53.0 Å². The molecule has 4 rings (SSSR count). The number of fused-ring (bicyclic) bond motifs is 1. The van der Waals surface area contributed by atoms with Crippen molar-refractivity contribution in [2.75, 3.05) is 26.4 Å². The standard InChI is InChI=1S/C24H23Cl2F2N3O4/c25-20-3-1-15(9-21(20)26)13-30-23(33)19-10-17(35-18(11-27)12-28)2-4-22(19)31(24(30)34)16-5-7-29(14-32)8-6-16/h1-4,9-10,14,16,18H,5-8,11-13H2. The third-order valence-electron chi connectivity index (χ3n) is 6.13. The fourth-order valence-electron chi connectivity index (χ4n) is 4.29. The van der Waals surface area contributed by atoms with E-state index in [0.717, 1.165) is 11.0 Å². The van der Waals surface area contributed by atoms with Gasteiger partial charge in [-0.1, -0.05) is 29.3 Å². The monoisotopic (exact) mass is 525 g/mol. The number of carbonyl (C=O) groups is 1. The van der Waals surface area contributed by atoms with Gasteiger partial charge in [-0.25, -0.2) is 13.6 Å². The van der Waals surface area contributed by atoms with Crippen LogP contribution in [-0.2, 0) is 11.3 Å². The molecule has 35 heavy (non-hydrogen) atoms. The number of amides is 1. The van der Waals surface area contributed by atoms with Crippen LogP contribution in [0.2, 0.25) is 10.0 Å². The fourth-order valence-corrected chi connectivity index (χ4v) is 4.61. The summed E-state index contributed by atoms with van der Waals surface area (Å²) < 4.78 is 34.0. The van der Waals surface area contributed by atoms with Crippen molar-refractivity contribution in [3.05, 3.63) is 72.8 Å². The van der Waals surface area contributed by atoms with Gasteiger partial charge < -0.3 is 9.64 Å². The number of benzene rings is 2. The Morgan fingerprint density at radius 2 is 1.74 bits per heavy atom. The average Bonchev–Trinajstić information content (AvgIpc) is 2.87. The predicted octanol–water partition coefficient (Wildman–Crippen LogP) is 4.00. The van der Waals surface area contributed by atoms with Crippen molar-refractivity contribution >= 4 is 40.5 Å². The Labute approximate surface area is 209 Å². The van der Waals surface area contributed by atoms with Gasteiger partial charge in [-0.15, -0.1) is 0 Å². The molecule has 1 aliphatic rings. The van der Waals surface area contributed by atoms with E-state index in [1.165, 1.54) is 12.1 Å². The zero-order valence-corrected chi connectivity index (χ0v) is 20.1. The van der Waals surface area contributed by atoms with Crippen LogP contribution in [0.4, 0.5) is 8.78 Å². The van der Waals surface area contributed by atoms with Crippen LogP contribution in [0.5, 0.6) is 5.75 Å². The van der Waals surface area contributed by atoms with Crippen LogP contribution in [0, 0.1) is 0 Å². The van der Waals surface area contributed by atoms with Crippen molar-refractivity contribution in [3.8, 4) is 5.75 Å². The first kappa shape index (κ1) is 25.2. The molecule has 1 aliphatic heterocycles. The number of piperidine rings is 1. The van der Waals surface area contributed by atoms with Crippen LogP contribution in [0.1, 0.15) is 24.4 Å². The first-order valence-electron chi connectivity index (χ1n) is 11.1. The SMILES string of the molecule is O=CN1CCC(n2c(=O)n(Cc3ccc(Cl)c(Cl)c3)c(=O)c3cc(OC(CF)CF)ccc32)CC1. The number of ether oxygens (including phenoxy) is 1. The van der Waals surface area contributed by atoms with Gasteiger partial charge in [-0.3, -0.25) is 18.7 Å². The van der Waals surface area contributed by atoms with E-state index in [1.54, 1.807) is 33.7 Å². The lowest BCUT2D eigenvalue weighted by molar-refractivity contribution is -0.119. The smallest absolute Gasteiger partial charge is 0.332 e. The molecule has 0 bridgehead atoms. The molecular weight excluding hydrogens is 503 g/mol. The highest BCUT2D eigenvalue weighted by atomic mass is 35.5. The second-order valence-electron chi connectivity index (χ2n) is 8.39. The molecule has 0 atom stereocenters. The Morgan fingerprint density at radius 3 is 2.37 bits per heavy atom. The molecule has 0 aliphatic carbocycles. The molecule has 2 aromatic carbocycles. The van der Waals surface area contributed by atoms with Gasteiger partial charge in [-0.05, 0) is 48.7 Å². The third kappa shape index (κ3) is 5.21. The number of likely N-dealkylation sites (tertiary alicyclic amines) is 1. The molecule has 1 amide bonds. The summed E-state index contributed by atoms with van der Waals surface area (Å²) in [5.41, 5.74) is -0.0840. The Hall–Kier alpha value is -2.91. The zero-order valence-electron chi connectivity index (χ0n) is 18.6. The van der Waals surface area contributed by atoms with Gasteiger partial charge in [0.2, 0.25) is 6.41 Å². The lowest BCUT2D eigenvalue weighted by Crippen LogP contribution is -2.44. The topological polar surface area (TPSA) is 73.5 Å². The first-order valence-corrected chi connectivity index (χ1v) is 11.8. The van der Waals surface area contributed by atoms with E-state index in [-0.39, 0.29) is 23.7 Å². The molecule has 0 N–H and O–H groups in total. The number of halogens is 4. The molecule has 0 radical (unpaired) electrons. The average molecular weight is 526 g/mol. The molecule has 7 nitrogen and oxygen atoms in total. The second-order valence-corrected chi connectivity index (χ2v) is 9.21. The second kappa shape index (κ2) is 10.8. The van der Waals surface area contributed by atoms with Gasteiger partial charge in [0.25, 0.3) is 5.56 Å². The number of hydrogen-bond donors (Lipinski definition) is 0. The summed E-state index contributed by atoms with van der Waals surface area (Å²) >= 11 is 12.1. The highest BCUT2D eigenvalue weighted by molar-refractivity contribution is 6.42. The molecule has 2 heterocycles. The number of aromatic nitrogens is 2. The van der Waals surface area contributed by atoms with Crippen LogP contribution in [0.25, 0.3) is 10.9 Å². The van der Waals surface area contributed by atoms with Gasteiger partial charge in [0, 0.05) is 19.1 Å². The maximum Gasteiger partial charge on any atom is 0.332 e. The third-order valence-corrected chi connectivity index (χ3v) is 6.86. The lowest BCUT2D eigenvalue weighted by atomic mass is 10.0. The zero-order chi connectivity index (χ0) is 25.1. The quantitative estimate of drug-likeness (QED) is 0.416. The Bertz CT molecular complexity index is 1350. The van der Waals surface area contributed by atoms with Gasteiger partial charge in [0.1, 0.15) is 19.1 Å². The van der Waals surface area contributed by atoms with Gasteiger partial charge >= 0.3 is 5.69 Å². The Balaban J connectivity index is 1.86. The van der Waals surface area contributed by atoms with E-state index >= 15 is 0 Å². The van der Waals surface area contributed by atoms with E-state index in [2.05, 4.69) is 0 Å². The minimum Gasteiger partial charge on any atom is -0.485 e. The molecule has 1 fully saturated rings. The van der Waals surface area contributed by atoms with Crippen molar-refractivity contribution in [2.24, 2.45) is 0 Å². The molecule has 186 valence electrons. The molecule has 0 saturated carbocycles. The highest BCUT2D eigenvalue weighted by Gasteiger charge is 2.25. The van der Waals surface area contributed by atoms with Crippen LogP contribution in [0.15, 0.2) is 46.0 Å². The van der Waals surface area contributed by atoms with Crippen molar-refractivity contribution in [3.63, 3.8) is 0 Å². The Morgan fingerprint density at radius 1 is 1.03 bits per heavy atom. The largest absolute Gasteiger partial charge is 0.485 e. The lowest BCUT2D eigenvalue weighted by Gasteiger charge is -2.31. The highest BCUT2D eigenvalue weighted by Crippen LogP contribution is 2.27. The first-order chi connectivity index (χ1) is 16.9. The molecule has 11 heteroatoms. The molecular formula is C24H23Cl2F2N3O4. The minimum atomic E-state index is -1.29. The number of carbonyl (C=O) groups excluding carboxylic acids is 1. The number of nitrogens with zero attached hydrogens (tertiary/aromatic N) is 3. The summed E-state index contributed by atoms with van der Waals surface area (Å²) in [6, 6.07) is 9.02. The summed E-state index contributed by atoms with van der Waals surface area (Å²) in [4.78, 5) is 39.8. The van der Waals surface area contributed by atoms with Crippen LogP contribution >= 0.6 is 23.2 Å². The maximum absolute atomic E-state index is 13.6.